The van der Waals surface area contributed by atoms with Gasteiger partial charge in [-0.2, -0.15) is 10.2 Å². The van der Waals surface area contributed by atoms with E-state index in [4.69, 9.17) is 4.74 Å². The fourth-order valence-electron chi connectivity index (χ4n) is 3.00. The minimum Gasteiger partial charge on any atom is -0.508 e. The molecule has 33 heavy (non-hydrogen) atoms. The number of phenols is 2. The van der Waals surface area contributed by atoms with Crippen LogP contribution in [0.1, 0.15) is 17.3 Å². The maximum Gasteiger partial charge on any atom is 0.338 e. The first-order valence-corrected chi connectivity index (χ1v) is 10.1. The molecule has 3 aromatic carbocycles. The van der Waals surface area contributed by atoms with Crippen LogP contribution in [0.2, 0.25) is 0 Å². The third kappa shape index (κ3) is 6.50. The molecular weight excluding hydrogens is 428 g/mol. The Hall–Kier alpha value is -4.47. The number of esters is 1. The third-order valence-electron chi connectivity index (χ3n) is 4.67. The number of phenolic OH excluding ortho intramolecular Hbond substituents is 2. The molecule has 0 aliphatic heterocycles. The number of nitro benzene ring substituents is 1. The van der Waals surface area contributed by atoms with Crippen molar-refractivity contribution < 1.29 is 24.7 Å². The summed E-state index contributed by atoms with van der Waals surface area (Å²) in [5.74, 6) is -1.08. The summed E-state index contributed by atoms with van der Waals surface area (Å²) in [5.41, 5.74) is 2.07. The van der Waals surface area contributed by atoms with Crippen molar-refractivity contribution in [2.24, 2.45) is 10.2 Å². The molecule has 0 saturated heterocycles. The number of hydrogen-bond donors (Lipinski definition) is 2. The highest BCUT2D eigenvalue weighted by Crippen LogP contribution is 2.24. The van der Waals surface area contributed by atoms with Gasteiger partial charge in [-0.15, -0.1) is 0 Å². The minimum absolute atomic E-state index is 0.0105. The molecule has 0 radical (unpaired) electrons. The second-order valence-corrected chi connectivity index (χ2v) is 6.94. The Bertz CT molecular complexity index is 1130. The average Bonchev–Trinajstić information content (AvgIpc) is 2.80. The van der Waals surface area contributed by atoms with Crippen LogP contribution >= 0.6 is 0 Å². The van der Waals surface area contributed by atoms with E-state index in [1.54, 1.807) is 12.1 Å². The highest BCUT2D eigenvalue weighted by atomic mass is 16.6. The molecule has 0 saturated carbocycles. The maximum absolute atomic E-state index is 12.1. The molecule has 0 aromatic heterocycles. The van der Waals surface area contributed by atoms with Gasteiger partial charge in [-0.25, -0.2) is 4.79 Å². The van der Waals surface area contributed by atoms with E-state index >= 15 is 0 Å². The van der Waals surface area contributed by atoms with Crippen LogP contribution in [-0.2, 0) is 4.74 Å². The Morgan fingerprint density at radius 3 is 2.03 bits per heavy atom. The van der Waals surface area contributed by atoms with Gasteiger partial charge < -0.3 is 19.8 Å². The minimum atomic E-state index is -0.640. The normalized spacial score (nSPS) is 10.8. The number of aromatic hydroxyl groups is 2. The summed E-state index contributed by atoms with van der Waals surface area (Å²) < 4.78 is 5.25. The van der Waals surface area contributed by atoms with Gasteiger partial charge in [0.2, 0.25) is 0 Å². The van der Waals surface area contributed by atoms with Crippen molar-refractivity contribution in [3.63, 3.8) is 0 Å². The van der Waals surface area contributed by atoms with Gasteiger partial charge in [0, 0.05) is 30.4 Å². The second kappa shape index (κ2) is 10.7. The number of carbonyl (C=O) groups is 1. The van der Waals surface area contributed by atoms with E-state index in [2.05, 4.69) is 10.2 Å². The van der Waals surface area contributed by atoms with Gasteiger partial charge in [0.05, 0.1) is 28.4 Å². The fraction of sp³-hybridized carbons (Fsp3) is 0.174. The molecule has 3 rings (SSSR count). The zero-order valence-corrected chi connectivity index (χ0v) is 17.8. The molecular formula is C23H22N4O6. The van der Waals surface area contributed by atoms with Crippen LogP contribution in [0, 0.1) is 10.1 Å². The number of hydrogen-bond acceptors (Lipinski definition) is 9. The zero-order chi connectivity index (χ0) is 23.8. The van der Waals surface area contributed by atoms with Crippen molar-refractivity contribution in [2.45, 2.75) is 6.92 Å². The number of nitro groups is 1. The van der Waals surface area contributed by atoms with E-state index in [9.17, 15) is 25.1 Å². The maximum atomic E-state index is 12.1. The van der Waals surface area contributed by atoms with E-state index in [1.165, 1.54) is 36.4 Å². The van der Waals surface area contributed by atoms with Gasteiger partial charge in [-0.05, 0) is 55.5 Å². The number of benzene rings is 3. The van der Waals surface area contributed by atoms with Gasteiger partial charge in [-0.1, -0.05) is 0 Å². The summed E-state index contributed by atoms with van der Waals surface area (Å²) in [6.07, 6.45) is 0. The van der Waals surface area contributed by atoms with Crippen molar-refractivity contribution in [3.05, 3.63) is 82.4 Å². The summed E-state index contributed by atoms with van der Waals surface area (Å²) in [6, 6.07) is 16.7. The molecule has 0 bridgehead atoms. The number of azo groups is 1. The molecule has 0 fully saturated rings. The molecule has 0 spiro atoms. The lowest BCUT2D eigenvalue weighted by molar-refractivity contribution is -0.384. The van der Waals surface area contributed by atoms with Gasteiger partial charge in [-0.3, -0.25) is 10.1 Å². The Labute approximate surface area is 189 Å². The predicted molar refractivity (Wildman–Crippen MR) is 122 cm³/mol. The Morgan fingerprint density at radius 1 is 0.970 bits per heavy atom. The molecule has 10 nitrogen and oxygen atoms in total. The van der Waals surface area contributed by atoms with E-state index in [0.29, 0.717) is 24.5 Å². The molecule has 10 heteroatoms. The average molecular weight is 450 g/mol. The van der Waals surface area contributed by atoms with Gasteiger partial charge in [0.1, 0.15) is 18.1 Å². The molecule has 0 amide bonds. The number of rotatable bonds is 9. The molecule has 0 atom stereocenters. The lowest BCUT2D eigenvalue weighted by Crippen LogP contribution is -2.27. The lowest BCUT2D eigenvalue weighted by atomic mass is 10.2. The molecule has 0 heterocycles. The first-order valence-electron chi connectivity index (χ1n) is 10.1. The monoisotopic (exact) mass is 450 g/mol. The lowest BCUT2D eigenvalue weighted by Gasteiger charge is -2.23. The number of ether oxygens (including phenoxy) is 1. The number of likely N-dealkylation sites (N-methyl/N-ethyl adjacent to an activating group) is 1. The summed E-state index contributed by atoms with van der Waals surface area (Å²) in [5, 5.41) is 37.9. The number of nitrogens with zero attached hydrogens (tertiary/aromatic N) is 4. The number of non-ortho nitro benzene ring substituents is 1. The summed E-state index contributed by atoms with van der Waals surface area (Å²) in [4.78, 5) is 24.3. The SMILES string of the molecule is CCN(CCOC(=O)c1cc(O)cc(O)c1)c1ccc(N=Nc2ccc([N+](=O)[O-])cc2)cc1. The Balaban J connectivity index is 1.55. The van der Waals surface area contributed by atoms with Crippen molar-refractivity contribution in [1.82, 2.24) is 0 Å². The largest absolute Gasteiger partial charge is 0.508 e. The van der Waals surface area contributed by atoms with E-state index in [-0.39, 0.29) is 29.4 Å². The van der Waals surface area contributed by atoms with Crippen LogP contribution in [0.5, 0.6) is 11.5 Å². The molecule has 0 aliphatic carbocycles. The number of anilines is 1. The van der Waals surface area contributed by atoms with Gasteiger partial charge in [0.15, 0.2) is 0 Å². The molecule has 0 unspecified atom stereocenters. The van der Waals surface area contributed by atoms with Crippen molar-refractivity contribution >= 4 is 28.7 Å². The fourth-order valence-corrected chi connectivity index (χ4v) is 3.00. The van der Waals surface area contributed by atoms with Crippen LogP contribution in [0.25, 0.3) is 0 Å². The summed E-state index contributed by atoms with van der Waals surface area (Å²) in [7, 11) is 0. The van der Waals surface area contributed by atoms with Gasteiger partial charge >= 0.3 is 5.97 Å². The van der Waals surface area contributed by atoms with Crippen LogP contribution < -0.4 is 4.90 Å². The van der Waals surface area contributed by atoms with E-state index < -0.39 is 10.9 Å². The van der Waals surface area contributed by atoms with Crippen LogP contribution in [-0.4, -0.2) is 40.8 Å². The zero-order valence-electron chi connectivity index (χ0n) is 17.8. The smallest absolute Gasteiger partial charge is 0.338 e. The van der Waals surface area contributed by atoms with E-state index in [0.717, 1.165) is 11.8 Å². The highest BCUT2D eigenvalue weighted by molar-refractivity contribution is 5.90. The van der Waals surface area contributed by atoms with Crippen LogP contribution in [0.4, 0.5) is 22.7 Å². The van der Waals surface area contributed by atoms with Crippen LogP contribution in [0.3, 0.4) is 0 Å². The van der Waals surface area contributed by atoms with Crippen molar-refractivity contribution in [2.75, 3.05) is 24.6 Å². The Morgan fingerprint density at radius 2 is 1.52 bits per heavy atom. The first-order chi connectivity index (χ1) is 15.9. The number of carbonyl (C=O) groups excluding carboxylic acids is 1. The first kappa shape index (κ1) is 23.2. The Kier molecular flexibility index (Phi) is 7.53. The van der Waals surface area contributed by atoms with Crippen LogP contribution in [0.15, 0.2) is 77.0 Å². The quantitative estimate of drug-likeness (QED) is 0.200. The van der Waals surface area contributed by atoms with Crippen molar-refractivity contribution in [3.8, 4) is 11.5 Å². The molecule has 3 aromatic rings. The second-order valence-electron chi connectivity index (χ2n) is 6.94. The molecule has 170 valence electrons. The summed E-state index contributed by atoms with van der Waals surface area (Å²) >= 11 is 0. The predicted octanol–water partition coefficient (Wildman–Crippen LogP) is 5.10. The third-order valence-corrected chi connectivity index (χ3v) is 4.67. The molecule has 2 N–H and O–H groups in total. The molecule has 0 aliphatic rings. The standard InChI is InChI=1S/C23H22N4O6/c1-2-26(11-12-33-23(30)16-13-21(28)15-22(29)14-16)19-7-3-17(4-8-19)24-25-18-5-9-20(10-6-18)27(31)32/h3-10,13-15,28-29H,2,11-12H2,1H3. The topological polar surface area (TPSA) is 138 Å². The highest BCUT2D eigenvalue weighted by Gasteiger charge is 2.11. The van der Waals surface area contributed by atoms with Crippen molar-refractivity contribution in [1.29, 1.82) is 0 Å². The van der Waals surface area contributed by atoms with Gasteiger partial charge in [0.25, 0.3) is 5.69 Å². The van der Waals surface area contributed by atoms with E-state index in [1.807, 2.05) is 24.0 Å². The summed E-state index contributed by atoms with van der Waals surface area (Å²) in [6.45, 7) is 3.20.